The molecule has 0 bridgehead atoms. The molecule has 0 amide bonds. The zero-order chi connectivity index (χ0) is 14.0. The fourth-order valence-electron chi connectivity index (χ4n) is 1.71. The molecule has 0 heterocycles. The number of aromatic carboxylic acids is 1. The molecule has 0 radical (unpaired) electrons. The van der Waals surface area contributed by atoms with E-state index in [0.29, 0.717) is 11.1 Å². The highest BCUT2D eigenvalue weighted by atomic mass is 35.5. The van der Waals surface area contributed by atoms with E-state index in [0.717, 1.165) is 0 Å². The maximum Gasteiger partial charge on any atom is 0.337 e. The molecule has 2 rings (SSSR count). The van der Waals surface area contributed by atoms with Crippen LogP contribution in [-0.2, 0) is 0 Å². The van der Waals surface area contributed by atoms with Crippen LogP contribution < -0.4 is 4.74 Å². The van der Waals surface area contributed by atoms with Crippen LogP contribution in [0.4, 0.5) is 4.39 Å². The minimum atomic E-state index is -1.10. The summed E-state index contributed by atoms with van der Waals surface area (Å²) in [4.78, 5) is 10.8. The Morgan fingerprint density at radius 1 is 1.21 bits per heavy atom. The summed E-state index contributed by atoms with van der Waals surface area (Å²) in [7, 11) is 1.39. The van der Waals surface area contributed by atoms with Gasteiger partial charge in [-0.25, -0.2) is 9.18 Å². The second-order valence-corrected chi connectivity index (χ2v) is 4.26. The van der Waals surface area contributed by atoms with Crippen molar-refractivity contribution in [2.45, 2.75) is 0 Å². The lowest BCUT2D eigenvalue weighted by Crippen LogP contribution is -1.97. The Bertz CT molecular complexity index is 641. The first-order chi connectivity index (χ1) is 9.02. The molecule has 0 atom stereocenters. The topological polar surface area (TPSA) is 46.5 Å². The summed E-state index contributed by atoms with van der Waals surface area (Å²) >= 11 is 5.87. The number of carboxylic acids is 1. The SMILES string of the molecule is COc1ccc(-c2ccc(C(=O)O)c(Cl)c2)cc1F. The van der Waals surface area contributed by atoms with Crippen LogP contribution in [0.15, 0.2) is 36.4 Å². The van der Waals surface area contributed by atoms with Crippen molar-refractivity contribution in [3.63, 3.8) is 0 Å². The van der Waals surface area contributed by atoms with E-state index in [9.17, 15) is 9.18 Å². The third kappa shape index (κ3) is 2.69. The lowest BCUT2D eigenvalue weighted by Gasteiger charge is -2.07. The highest BCUT2D eigenvalue weighted by Crippen LogP contribution is 2.28. The van der Waals surface area contributed by atoms with Crippen LogP contribution in [0.2, 0.25) is 5.02 Å². The molecule has 0 aromatic heterocycles. The molecular formula is C14H10ClFO3. The van der Waals surface area contributed by atoms with E-state index in [4.69, 9.17) is 21.4 Å². The number of hydrogen-bond acceptors (Lipinski definition) is 2. The minimum absolute atomic E-state index is 0.0133. The van der Waals surface area contributed by atoms with Gasteiger partial charge in [-0.1, -0.05) is 23.7 Å². The Morgan fingerprint density at radius 3 is 2.37 bits per heavy atom. The summed E-state index contributed by atoms with van der Waals surface area (Å²) in [5.74, 6) is -1.44. The van der Waals surface area contributed by atoms with Gasteiger partial charge in [-0.05, 0) is 35.4 Å². The smallest absolute Gasteiger partial charge is 0.337 e. The number of carbonyl (C=O) groups is 1. The van der Waals surface area contributed by atoms with Gasteiger partial charge in [0.05, 0.1) is 17.7 Å². The summed E-state index contributed by atoms with van der Waals surface area (Å²) in [5.41, 5.74) is 1.24. The Balaban J connectivity index is 2.45. The second-order valence-electron chi connectivity index (χ2n) is 3.85. The predicted octanol–water partition coefficient (Wildman–Crippen LogP) is 3.85. The van der Waals surface area contributed by atoms with Gasteiger partial charge in [0.25, 0.3) is 0 Å². The fourth-order valence-corrected chi connectivity index (χ4v) is 1.98. The van der Waals surface area contributed by atoms with Crippen molar-refractivity contribution in [1.29, 1.82) is 0 Å². The molecule has 2 aromatic carbocycles. The van der Waals surface area contributed by atoms with Gasteiger partial charge in [0.2, 0.25) is 0 Å². The van der Waals surface area contributed by atoms with Gasteiger partial charge in [0, 0.05) is 0 Å². The molecule has 0 saturated heterocycles. The number of benzene rings is 2. The maximum absolute atomic E-state index is 13.6. The molecule has 3 nitrogen and oxygen atoms in total. The Hall–Kier alpha value is -2.07. The van der Waals surface area contributed by atoms with Gasteiger partial charge in [0.1, 0.15) is 0 Å². The summed E-state index contributed by atoms with van der Waals surface area (Å²) in [5, 5.41) is 8.99. The van der Waals surface area contributed by atoms with E-state index in [1.165, 1.54) is 31.4 Å². The molecule has 0 aliphatic carbocycles. The standard InChI is InChI=1S/C14H10ClFO3/c1-19-13-5-3-9(7-12(13)16)8-2-4-10(14(17)18)11(15)6-8/h2-7H,1H3,(H,17,18). The quantitative estimate of drug-likeness (QED) is 0.929. The molecule has 2 aromatic rings. The van der Waals surface area contributed by atoms with Crippen LogP contribution in [0.3, 0.4) is 0 Å². The third-order valence-corrected chi connectivity index (χ3v) is 3.00. The summed E-state index contributed by atoms with van der Waals surface area (Å²) in [6, 6.07) is 8.95. The molecule has 0 unspecified atom stereocenters. The van der Waals surface area contributed by atoms with E-state index < -0.39 is 11.8 Å². The number of carboxylic acid groups (broad SMARTS) is 1. The van der Waals surface area contributed by atoms with Crippen LogP contribution >= 0.6 is 11.6 Å². The van der Waals surface area contributed by atoms with Gasteiger partial charge in [-0.15, -0.1) is 0 Å². The Morgan fingerprint density at radius 2 is 1.84 bits per heavy atom. The van der Waals surface area contributed by atoms with Gasteiger partial charge >= 0.3 is 5.97 Å². The lowest BCUT2D eigenvalue weighted by atomic mass is 10.0. The highest BCUT2D eigenvalue weighted by Gasteiger charge is 2.11. The highest BCUT2D eigenvalue weighted by molar-refractivity contribution is 6.33. The Labute approximate surface area is 114 Å². The summed E-state index contributed by atoms with van der Waals surface area (Å²) < 4.78 is 18.4. The van der Waals surface area contributed by atoms with Crippen LogP contribution in [0, 0.1) is 5.82 Å². The van der Waals surface area contributed by atoms with Crippen LogP contribution in [0.25, 0.3) is 11.1 Å². The molecule has 0 fully saturated rings. The number of hydrogen-bond donors (Lipinski definition) is 1. The normalized spacial score (nSPS) is 10.3. The predicted molar refractivity (Wildman–Crippen MR) is 70.4 cm³/mol. The number of rotatable bonds is 3. The van der Waals surface area contributed by atoms with Gasteiger partial charge in [0.15, 0.2) is 11.6 Å². The minimum Gasteiger partial charge on any atom is -0.494 e. The summed E-state index contributed by atoms with van der Waals surface area (Å²) in [6.07, 6.45) is 0. The molecular weight excluding hydrogens is 271 g/mol. The lowest BCUT2D eigenvalue weighted by molar-refractivity contribution is 0.0697. The monoisotopic (exact) mass is 280 g/mol. The van der Waals surface area contributed by atoms with E-state index in [1.807, 2.05) is 0 Å². The van der Waals surface area contributed by atoms with E-state index in [1.54, 1.807) is 12.1 Å². The number of halogens is 2. The zero-order valence-electron chi connectivity index (χ0n) is 9.98. The Kier molecular flexibility index (Phi) is 3.71. The molecule has 1 N–H and O–H groups in total. The van der Waals surface area contributed by atoms with E-state index in [2.05, 4.69) is 0 Å². The van der Waals surface area contributed by atoms with Crippen molar-refractivity contribution < 1.29 is 19.0 Å². The first-order valence-corrected chi connectivity index (χ1v) is 5.77. The molecule has 0 aliphatic rings. The molecule has 19 heavy (non-hydrogen) atoms. The number of methoxy groups -OCH3 is 1. The van der Waals surface area contributed by atoms with E-state index in [-0.39, 0.29) is 16.3 Å². The van der Waals surface area contributed by atoms with Crippen LogP contribution in [-0.4, -0.2) is 18.2 Å². The van der Waals surface area contributed by atoms with E-state index >= 15 is 0 Å². The fraction of sp³-hybridized carbons (Fsp3) is 0.0714. The van der Waals surface area contributed by atoms with Crippen molar-refractivity contribution in [3.05, 3.63) is 52.8 Å². The van der Waals surface area contributed by atoms with Gasteiger partial charge in [-0.3, -0.25) is 0 Å². The largest absolute Gasteiger partial charge is 0.494 e. The average Bonchev–Trinajstić information content (AvgIpc) is 2.38. The first kappa shape index (κ1) is 13.4. The van der Waals surface area contributed by atoms with Crippen molar-refractivity contribution in [3.8, 4) is 16.9 Å². The summed E-state index contributed by atoms with van der Waals surface area (Å²) in [6.45, 7) is 0. The van der Waals surface area contributed by atoms with Gasteiger partial charge < -0.3 is 9.84 Å². The molecule has 0 spiro atoms. The third-order valence-electron chi connectivity index (χ3n) is 2.68. The molecule has 98 valence electrons. The number of ether oxygens (including phenoxy) is 1. The zero-order valence-corrected chi connectivity index (χ0v) is 10.7. The van der Waals surface area contributed by atoms with Crippen molar-refractivity contribution >= 4 is 17.6 Å². The van der Waals surface area contributed by atoms with Gasteiger partial charge in [-0.2, -0.15) is 0 Å². The van der Waals surface area contributed by atoms with Crippen LogP contribution in [0.1, 0.15) is 10.4 Å². The maximum atomic E-state index is 13.6. The molecule has 5 heteroatoms. The first-order valence-electron chi connectivity index (χ1n) is 5.39. The molecule has 0 saturated carbocycles. The van der Waals surface area contributed by atoms with Crippen molar-refractivity contribution in [2.24, 2.45) is 0 Å². The molecule has 0 aliphatic heterocycles. The van der Waals surface area contributed by atoms with Crippen molar-refractivity contribution in [1.82, 2.24) is 0 Å². The average molecular weight is 281 g/mol. The second kappa shape index (κ2) is 5.28. The van der Waals surface area contributed by atoms with Crippen molar-refractivity contribution in [2.75, 3.05) is 7.11 Å². The van der Waals surface area contributed by atoms with Crippen LogP contribution in [0.5, 0.6) is 5.75 Å².